The zero-order chi connectivity index (χ0) is 26.8. The first-order valence-electron chi connectivity index (χ1n) is 13.6. The molecule has 0 amide bonds. The zero-order valence-corrected chi connectivity index (χ0v) is 23.8. The van der Waals surface area contributed by atoms with E-state index in [9.17, 15) is 10.2 Å². The molecule has 4 heteroatoms. The second-order valence-electron chi connectivity index (χ2n) is 11.8. The van der Waals surface area contributed by atoms with Crippen molar-refractivity contribution in [2.45, 2.75) is 81.1 Å². The molecule has 0 aromatic heterocycles. The molecule has 0 saturated carbocycles. The van der Waals surface area contributed by atoms with E-state index in [0.29, 0.717) is 48.3 Å². The summed E-state index contributed by atoms with van der Waals surface area (Å²) >= 11 is 0. The fraction of sp³-hybridized carbons (Fsp3) is 0.562. The van der Waals surface area contributed by atoms with Crippen LogP contribution in [0, 0.1) is 23.7 Å². The van der Waals surface area contributed by atoms with Gasteiger partial charge >= 0.3 is 0 Å². The van der Waals surface area contributed by atoms with E-state index in [0.717, 1.165) is 47.9 Å². The molecule has 36 heavy (non-hydrogen) atoms. The topological polar surface area (TPSA) is 65.2 Å². The molecule has 0 fully saturated rings. The summed E-state index contributed by atoms with van der Waals surface area (Å²) in [6.07, 6.45) is 7.21. The number of benzene rings is 2. The lowest BCUT2D eigenvalue weighted by molar-refractivity contribution is 0.460. The summed E-state index contributed by atoms with van der Waals surface area (Å²) in [5.74, 6) is 2.73. The third-order valence-corrected chi connectivity index (χ3v) is 5.92. The highest BCUT2D eigenvalue weighted by Crippen LogP contribution is 2.28. The van der Waals surface area contributed by atoms with E-state index in [1.54, 1.807) is 12.4 Å². The van der Waals surface area contributed by atoms with Crippen LogP contribution in [0.2, 0.25) is 0 Å². The number of aliphatic imine (C=N–C) groups is 2. The Morgan fingerprint density at radius 3 is 1.19 bits per heavy atom. The molecule has 2 aromatic rings. The number of hydrogen-bond donors (Lipinski definition) is 2. The van der Waals surface area contributed by atoms with E-state index >= 15 is 0 Å². The summed E-state index contributed by atoms with van der Waals surface area (Å²) < 4.78 is 0. The summed E-state index contributed by atoms with van der Waals surface area (Å²) in [6.45, 7) is 18.6. The van der Waals surface area contributed by atoms with Crippen LogP contribution in [0.3, 0.4) is 0 Å². The molecule has 0 radical (unpaired) electrons. The van der Waals surface area contributed by atoms with E-state index < -0.39 is 0 Å². The molecular weight excluding hydrogens is 444 g/mol. The monoisotopic (exact) mass is 492 g/mol. The number of phenolic OH excluding ortho intramolecular Hbond substituents is 2. The fourth-order valence-electron chi connectivity index (χ4n) is 4.58. The quantitative estimate of drug-likeness (QED) is 0.225. The molecule has 2 aromatic carbocycles. The molecule has 0 aliphatic carbocycles. The van der Waals surface area contributed by atoms with Gasteiger partial charge in [-0.25, -0.2) is 0 Å². The third kappa shape index (κ3) is 9.79. The average Bonchev–Trinajstić information content (AvgIpc) is 2.74. The van der Waals surface area contributed by atoms with Gasteiger partial charge in [0.2, 0.25) is 0 Å². The smallest absolute Gasteiger partial charge is 0.127 e. The molecule has 0 aliphatic heterocycles. The second kappa shape index (κ2) is 14.2. The highest BCUT2D eigenvalue weighted by atomic mass is 16.3. The van der Waals surface area contributed by atoms with Crippen LogP contribution in [0.5, 0.6) is 11.5 Å². The van der Waals surface area contributed by atoms with Gasteiger partial charge in [0.05, 0.1) is 13.1 Å². The highest BCUT2D eigenvalue weighted by Gasteiger charge is 2.13. The SMILES string of the molecule is CC(C)Cc1cc(C=NCCN=Cc2cc(CC(C)C)cc(CC(C)C)c2O)c(O)c(CC(C)C)c1. The standard InChI is InChI=1S/C32H48N2O2/c1-21(2)11-25-15-27(13-23(5)6)31(35)29(17-25)19-33-9-10-34-20-30-18-26(12-22(3)4)16-28(32(30)36)14-24(7)8/h15-24,35-36H,9-14H2,1-8H3. The Bertz CT molecular complexity index is 949. The summed E-state index contributed by atoms with van der Waals surface area (Å²) in [7, 11) is 0. The van der Waals surface area contributed by atoms with Crippen molar-refractivity contribution in [3.8, 4) is 11.5 Å². The normalized spacial score (nSPS) is 12.4. The third-order valence-electron chi connectivity index (χ3n) is 5.92. The molecule has 0 unspecified atom stereocenters. The first-order valence-corrected chi connectivity index (χ1v) is 13.6. The maximum atomic E-state index is 10.8. The molecule has 4 nitrogen and oxygen atoms in total. The first kappa shape index (κ1) is 29.6. The number of rotatable bonds is 13. The van der Waals surface area contributed by atoms with E-state index in [2.05, 4.69) is 89.6 Å². The van der Waals surface area contributed by atoms with Gasteiger partial charge in [-0.15, -0.1) is 0 Å². The summed E-state index contributed by atoms with van der Waals surface area (Å²) in [6, 6.07) is 8.40. The minimum atomic E-state index is 0.341. The van der Waals surface area contributed by atoms with Crippen molar-refractivity contribution in [2.75, 3.05) is 13.1 Å². The van der Waals surface area contributed by atoms with Crippen molar-refractivity contribution in [3.63, 3.8) is 0 Å². The van der Waals surface area contributed by atoms with E-state index in [1.165, 1.54) is 11.1 Å². The average molecular weight is 493 g/mol. The predicted octanol–water partition coefficient (Wildman–Crippen LogP) is 7.43. The molecule has 2 N–H and O–H groups in total. The van der Waals surface area contributed by atoms with Crippen LogP contribution in [-0.4, -0.2) is 35.7 Å². The van der Waals surface area contributed by atoms with Gasteiger partial charge < -0.3 is 10.2 Å². The summed E-state index contributed by atoms with van der Waals surface area (Å²) in [5, 5.41) is 21.6. The number of nitrogens with zero attached hydrogens (tertiary/aromatic N) is 2. The van der Waals surface area contributed by atoms with Gasteiger partial charge in [0.25, 0.3) is 0 Å². The Morgan fingerprint density at radius 2 is 0.889 bits per heavy atom. The van der Waals surface area contributed by atoms with Crippen molar-refractivity contribution in [3.05, 3.63) is 57.6 Å². The Morgan fingerprint density at radius 1 is 0.556 bits per heavy atom. The minimum Gasteiger partial charge on any atom is -0.507 e. The van der Waals surface area contributed by atoms with Crippen molar-refractivity contribution in [1.82, 2.24) is 0 Å². The lowest BCUT2D eigenvalue weighted by Gasteiger charge is -2.14. The molecule has 0 aliphatic rings. The van der Waals surface area contributed by atoms with E-state index in [-0.39, 0.29) is 0 Å². The molecule has 0 spiro atoms. The van der Waals surface area contributed by atoms with E-state index in [1.807, 2.05) is 0 Å². The van der Waals surface area contributed by atoms with Crippen LogP contribution in [0.15, 0.2) is 34.3 Å². The molecule has 0 atom stereocenters. The molecule has 2 rings (SSSR count). The van der Waals surface area contributed by atoms with Gasteiger partial charge in [-0.1, -0.05) is 67.5 Å². The molecular formula is C32H48N2O2. The summed E-state index contributed by atoms with van der Waals surface area (Å²) in [5.41, 5.74) is 6.04. The summed E-state index contributed by atoms with van der Waals surface area (Å²) in [4.78, 5) is 9.10. The Kier molecular flexibility index (Phi) is 11.7. The van der Waals surface area contributed by atoms with Crippen LogP contribution < -0.4 is 0 Å². The van der Waals surface area contributed by atoms with Gasteiger partial charge in [-0.2, -0.15) is 0 Å². The van der Waals surface area contributed by atoms with Crippen LogP contribution in [0.4, 0.5) is 0 Å². The number of aromatic hydroxyl groups is 2. The van der Waals surface area contributed by atoms with Gasteiger partial charge in [0.1, 0.15) is 11.5 Å². The van der Waals surface area contributed by atoms with Crippen LogP contribution >= 0.6 is 0 Å². The molecule has 0 bridgehead atoms. The molecule has 0 heterocycles. The van der Waals surface area contributed by atoms with Gasteiger partial charge in [0, 0.05) is 23.6 Å². The van der Waals surface area contributed by atoms with E-state index in [4.69, 9.17) is 0 Å². The van der Waals surface area contributed by atoms with Gasteiger partial charge in [-0.05, 0) is 83.7 Å². The van der Waals surface area contributed by atoms with Crippen LogP contribution in [-0.2, 0) is 25.7 Å². The fourth-order valence-corrected chi connectivity index (χ4v) is 4.58. The predicted molar refractivity (Wildman–Crippen MR) is 155 cm³/mol. The van der Waals surface area contributed by atoms with Crippen molar-refractivity contribution >= 4 is 12.4 Å². The molecule has 198 valence electrons. The van der Waals surface area contributed by atoms with Crippen LogP contribution in [0.25, 0.3) is 0 Å². The number of hydrogen-bond acceptors (Lipinski definition) is 4. The lowest BCUT2D eigenvalue weighted by atomic mass is 9.93. The Balaban J connectivity index is 2.14. The molecule has 0 saturated heterocycles. The minimum absolute atomic E-state index is 0.341. The maximum Gasteiger partial charge on any atom is 0.127 e. The Hall–Kier alpha value is -2.62. The van der Waals surface area contributed by atoms with Crippen molar-refractivity contribution in [2.24, 2.45) is 33.7 Å². The number of phenols is 2. The first-order chi connectivity index (χ1) is 17.0. The maximum absolute atomic E-state index is 10.8. The largest absolute Gasteiger partial charge is 0.507 e. The van der Waals surface area contributed by atoms with Gasteiger partial charge in [0.15, 0.2) is 0 Å². The zero-order valence-electron chi connectivity index (χ0n) is 23.8. The van der Waals surface area contributed by atoms with Crippen molar-refractivity contribution in [1.29, 1.82) is 0 Å². The van der Waals surface area contributed by atoms with Gasteiger partial charge in [-0.3, -0.25) is 9.98 Å². The van der Waals surface area contributed by atoms with Crippen molar-refractivity contribution < 1.29 is 10.2 Å². The lowest BCUT2D eigenvalue weighted by Crippen LogP contribution is -2.02. The highest BCUT2D eigenvalue weighted by molar-refractivity contribution is 5.85. The Labute approximate surface area is 219 Å². The second-order valence-corrected chi connectivity index (χ2v) is 11.8. The van der Waals surface area contributed by atoms with Crippen LogP contribution in [0.1, 0.15) is 88.8 Å².